The molecule has 1 aromatic rings. The largest absolute Gasteiger partial charge is 0.368 e. The standard InChI is InChI=1S/C16H23NO/c1-12-11-13-7-5-6-8-14(13)17(12)10-9-15(18)16(2,3)4/h5-8,12H,9-11H2,1-4H3. The van der Waals surface area contributed by atoms with Gasteiger partial charge in [-0.2, -0.15) is 0 Å². The number of hydrogen-bond donors (Lipinski definition) is 0. The van der Waals surface area contributed by atoms with Gasteiger partial charge in [-0.15, -0.1) is 0 Å². The number of carbonyl (C=O) groups is 1. The molecule has 0 saturated carbocycles. The van der Waals surface area contributed by atoms with Crippen molar-refractivity contribution in [2.45, 2.75) is 46.6 Å². The van der Waals surface area contributed by atoms with Gasteiger partial charge in [0.05, 0.1) is 0 Å². The van der Waals surface area contributed by atoms with Gasteiger partial charge in [-0.25, -0.2) is 0 Å². The molecule has 1 heterocycles. The molecule has 0 bridgehead atoms. The second kappa shape index (κ2) is 4.75. The Labute approximate surface area is 110 Å². The van der Waals surface area contributed by atoms with Gasteiger partial charge in [0.25, 0.3) is 0 Å². The number of nitrogens with zero attached hydrogens (tertiary/aromatic N) is 1. The zero-order valence-corrected chi connectivity index (χ0v) is 11.9. The molecule has 1 aromatic carbocycles. The lowest BCUT2D eigenvalue weighted by atomic mass is 9.89. The van der Waals surface area contributed by atoms with Gasteiger partial charge in [-0.05, 0) is 25.0 Å². The predicted octanol–water partition coefficient (Wildman–Crippen LogP) is 3.44. The molecule has 2 nitrogen and oxygen atoms in total. The summed E-state index contributed by atoms with van der Waals surface area (Å²) >= 11 is 0. The molecule has 1 atom stereocenters. The van der Waals surface area contributed by atoms with E-state index in [0.29, 0.717) is 18.2 Å². The predicted molar refractivity (Wildman–Crippen MR) is 76.0 cm³/mol. The lowest BCUT2D eigenvalue weighted by Crippen LogP contribution is -2.33. The van der Waals surface area contributed by atoms with Gasteiger partial charge in [-0.1, -0.05) is 39.0 Å². The molecule has 0 radical (unpaired) electrons. The molecule has 0 fully saturated rings. The van der Waals surface area contributed by atoms with Gasteiger partial charge in [0, 0.05) is 30.1 Å². The van der Waals surface area contributed by atoms with Gasteiger partial charge in [0.1, 0.15) is 5.78 Å². The molecule has 1 aliphatic rings. The number of fused-ring (bicyclic) bond motifs is 1. The summed E-state index contributed by atoms with van der Waals surface area (Å²) in [6, 6.07) is 9.04. The van der Waals surface area contributed by atoms with Gasteiger partial charge < -0.3 is 4.90 Å². The first kappa shape index (κ1) is 13.1. The Bertz CT molecular complexity index is 445. The first-order valence-corrected chi connectivity index (χ1v) is 6.77. The van der Waals surface area contributed by atoms with E-state index in [1.807, 2.05) is 20.8 Å². The molecule has 0 spiro atoms. The zero-order chi connectivity index (χ0) is 13.3. The van der Waals surface area contributed by atoms with E-state index in [-0.39, 0.29) is 5.41 Å². The van der Waals surface area contributed by atoms with Gasteiger partial charge in [0.2, 0.25) is 0 Å². The maximum Gasteiger partial charge on any atom is 0.139 e. The molecule has 1 aliphatic heterocycles. The summed E-state index contributed by atoms with van der Waals surface area (Å²) in [4.78, 5) is 14.4. The molecular weight excluding hydrogens is 222 g/mol. The first-order valence-electron chi connectivity index (χ1n) is 6.77. The van der Waals surface area contributed by atoms with Crippen molar-refractivity contribution in [1.82, 2.24) is 0 Å². The van der Waals surface area contributed by atoms with Gasteiger partial charge in [-0.3, -0.25) is 4.79 Å². The van der Waals surface area contributed by atoms with Crippen LogP contribution in [0.2, 0.25) is 0 Å². The van der Waals surface area contributed by atoms with Crippen molar-refractivity contribution < 1.29 is 4.79 Å². The van der Waals surface area contributed by atoms with Crippen LogP contribution in [0.25, 0.3) is 0 Å². The van der Waals surface area contributed by atoms with Crippen molar-refractivity contribution in [1.29, 1.82) is 0 Å². The Morgan fingerprint density at radius 3 is 2.67 bits per heavy atom. The molecule has 2 heteroatoms. The first-order chi connectivity index (χ1) is 8.39. The van der Waals surface area contributed by atoms with E-state index in [0.717, 1.165) is 13.0 Å². The van der Waals surface area contributed by atoms with Crippen LogP contribution in [-0.4, -0.2) is 18.4 Å². The van der Waals surface area contributed by atoms with Crippen LogP contribution in [0.15, 0.2) is 24.3 Å². The van der Waals surface area contributed by atoms with Crippen LogP contribution < -0.4 is 4.90 Å². The highest BCUT2D eigenvalue weighted by Gasteiger charge is 2.27. The maximum atomic E-state index is 12.0. The highest BCUT2D eigenvalue weighted by molar-refractivity contribution is 5.84. The summed E-state index contributed by atoms with van der Waals surface area (Å²) in [5.41, 5.74) is 2.50. The van der Waals surface area contributed by atoms with Crippen molar-refractivity contribution in [3.63, 3.8) is 0 Å². The van der Waals surface area contributed by atoms with Crippen molar-refractivity contribution in [3.05, 3.63) is 29.8 Å². The summed E-state index contributed by atoms with van der Waals surface area (Å²) in [5, 5.41) is 0. The van der Waals surface area contributed by atoms with E-state index in [4.69, 9.17) is 0 Å². The Morgan fingerprint density at radius 1 is 1.33 bits per heavy atom. The number of rotatable bonds is 3. The lowest BCUT2D eigenvalue weighted by Gasteiger charge is -2.26. The quantitative estimate of drug-likeness (QED) is 0.813. The number of ketones is 1. The molecule has 0 N–H and O–H groups in total. The van der Waals surface area contributed by atoms with E-state index < -0.39 is 0 Å². The minimum absolute atomic E-state index is 0.220. The number of Topliss-reactive ketones (excluding diaryl/α,β-unsaturated/α-hetero) is 1. The minimum Gasteiger partial charge on any atom is -0.368 e. The zero-order valence-electron chi connectivity index (χ0n) is 11.9. The van der Waals surface area contributed by atoms with Crippen LogP contribution >= 0.6 is 0 Å². The molecule has 2 rings (SSSR count). The minimum atomic E-state index is -0.220. The Kier molecular flexibility index (Phi) is 3.47. The van der Waals surface area contributed by atoms with Crippen molar-refractivity contribution in [2.24, 2.45) is 5.41 Å². The summed E-state index contributed by atoms with van der Waals surface area (Å²) in [7, 11) is 0. The average Bonchev–Trinajstić information content (AvgIpc) is 2.60. The van der Waals surface area contributed by atoms with Crippen molar-refractivity contribution in [3.8, 4) is 0 Å². The summed E-state index contributed by atoms with van der Waals surface area (Å²) in [6.45, 7) is 9.07. The molecule has 98 valence electrons. The third-order valence-corrected chi connectivity index (χ3v) is 3.76. The van der Waals surface area contributed by atoms with Crippen molar-refractivity contribution in [2.75, 3.05) is 11.4 Å². The van der Waals surface area contributed by atoms with E-state index in [1.165, 1.54) is 11.3 Å². The molecule has 18 heavy (non-hydrogen) atoms. The fourth-order valence-corrected chi connectivity index (χ4v) is 2.57. The van der Waals surface area contributed by atoms with Crippen LogP contribution in [0.3, 0.4) is 0 Å². The maximum absolute atomic E-state index is 12.0. The Hall–Kier alpha value is -1.31. The molecule has 1 unspecified atom stereocenters. The summed E-state index contributed by atoms with van der Waals surface area (Å²) in [5.74, 6) is 0.346. The average molecular weight is 245 g/mol. The van der Waals surface area contributed by atoms with Gasteiger partial charge >= 0.3 is 0 Å². The highest BCUT2D eigenvalue weighted by atomic mass is 16.1. The topological polar surface area (TPSA) is 20.3 Å². The lowest BCUT2D eigenvalue weighted by molar-refractivity contribution is -0.126. The van der Waals surface area contributed by atoms with Crippen LogP contribution in [0.4, 0.5) is 5.69 Å². The summed E-state index contributed by atoms with van der Waals surface area (Å²) < 4.78 is 0. The van der Waals surface area contributed by atoms with E-state index >= 15 is 0 Å². The summed E-state index contributed by atoms with van der Waals surface area (Å²) in [6.07, 6.45) is 1.74. The number of anilines is 1. The fraction of sp³-hybridized carbons (Fsp3) is 0.562. The van der Waals surface area contributed by atoms with E-state index in [2.05, 4.69) is 36.1 Å². The highest BCUT2D eigenvalue weighted by Crippen LogP contribution is 2.32. The second-order valence-electron chi connectivity index (χ2n) is 6.30. The Balaban J connectivity index is 2.05. The Morgan fingerprint density at radius 2 is 2.00 bits per heavy atom. The SMILES string of the molecule is CC1Cc2ccccc2N1CCC(=O)C(C)(C)C. The number of hydrogen-bond acceptors (Lipinski definition) is 2. The van der Waals surface area contributed by atoms with Crippen LogP contribution in [0.5, 0.6) is 0 Å². The fourth-order valence-electron chi connectivity index (χ4n) is 2.57. The third-order valence-electron chi connectivity index (χ3n) is 3.76. The van der Waals surface area contributed by atoms with Crippen LogP contribution in [0, 0.1) is 5.41 Å². The molecule has 0 amide bonds. The second-order valence-corrected chi connectivity index (χ2v) is 6.30. The number of carbonyl (C=O) groups excluding carboxylic acids is 1. The third kappa shape index (κ3) is 2.58. The van der Waals surface area contributed by atoms with Gasteiger partial charge in [0.15, 0.2) is 0 Å². The molecular formula is C16H23NO. The molecule has 0 aromatic heterocycles. The normalized spacial score (nSPS) is 18.9. The van der Waals surface area contributed by atoms with Crippen LogP contribution in [0.1, 0.15) is 39.7 Å². The smallest absolute Gasteiger partial charge is 0.139 e. The molecule has 0 aliphatic carbocycles. The van der Waals surface area contributed by atoms with Crippen molar-refractivity contribution >= 4 is 11.5 Å². The molecule has 0 saturated heterocycles. The number of benzene rings is 1. The van der Waals surface area contributed by atoms with E-state index in [1.54, 1.807) is 0 Å². The van der Waals surface area contributed by atoms with E-state index in [9.17, 15) is 4.79 Å². The number of para-hydroxylation sites is 1. The van der Waals surface area contributed by atoms with Crippen LogP contribution in [-0.2, 0) is 11.2 Å². The monoisotopic (exact) mass is 245 g/mol.